The number of aliphatic hydroxyl groups excluding tert-OH is 1. The summed E-state index contributed by atoms with van der Waals surface area (Å²) in [5.74, 6) is 0.353. The Bertz CT molecular complexity index is 478. The SMILES string of the molecule is CC1CCN(CCC(=O)Nc2cccc(CN)c2)CC1O. The van der Waals surface area contributed by atoms with Crippen LogP contribution < -0.4 is 11.1 Å². The van der Waals surface area contributed by atoms with Gasteiger partial charge in [-0.15, -0.1) is 0 Å². The van der Waals surface area contributed by atoms with Gasteiger partial charge in [0.05, 0.1) is 6.10 Å². The van der Waals surface area contributed by atoms with Crippen molar-refractivity contribution in [2.75, 3.05) is 25.0 Å². The van der Waals surface area contributed by atoms with Crippen LogP contribution in [0.25, 0.3) is 0 Å². The molecule has 0 aliphatic carbocycles. The minimum absolute atomic E-state index is 0.00252. The van der Waals surface area contributed by atoms with Gasteiger partial charge in [0.1, 0.15) is 0 Å². The number of hydrogen-bond donors (Lipinski definition) is 3. The van der Waals surface area contributed by atoms with E-state index in [1.807, 2.05) is 24.3 Å². The molecule has 2 rings (SSSR count). The van der Waals surface area contributed by atoms with Gasteiger partial charge in [0.15, 0.2) is 0 Å². The number of nitrogens with zero attached hydrogens (tertiary/aromatic N) is 1. The minimum atomic E-state index is -0.275. The van der Waals surface area contributed by atoms with Crippen LogP contribution in [0, 0.1) is 5.92 Å². The normalized spacial score (nSPS) is 23.0. The van der Waals surface area contributed by atoms with Crippen molar-refractivity contribution >= 4 is 11.6 Å². The summed E-state index contributed by atoms with van der Waals surface area (Å²) in [7, 11) is 0. The van der Waals surface area contributed by atoms with Crippen molar-refractivity contribution in [1.29, 1.82) is 0 Å². The third kappa shape index (κ3) is 4.81. The van der Waals surface area contributed by atoms with Gasteiger partial charge in [-0.1, -0.05) is 19.1 Å². The van der Waals surface area contributed by atoms with Crippen LogP contribution in [0.5, 0.6) is 0 Å². The van der Waals surface area contributed by atoms with Crippen LogP contribution >= 0.6 is 0 Å². The monoisotopic (exact) mass is 291 g/mol. The summed E-state index contributed by atoms with van der Waals surface area (Å²) >= 11 is 0. The highest BCUT2D eigenvalue weighted by atomic mass is 16.3. The van der Waals surface area contributed by atoms with Gasteiger partial charge in [-0.25, -0.2) is 0 Å². The van der Waals surface area contributed by atoms with E-state index in [1.165, 1.54) is 0 Å². The van der Waals surface area contributed by atoms with E-state index < -0.39 is 0 Å². The Labute approximate surface area is 126 Å². The first-order valence-corrected chi connectivity index (χ1v) is 7.57. The van der Waals surface area contributed by atoms with Crippen LogP contribution in [0.3, 0.4) is 0 Å². The third-order valence-electron chi connectivity index (χ3n) is 4.10. The lowest BCUT2D eigenvalue weighted by Crippen LogP contribution is -2.43. The molecule has 0 radical (unpaired) electrons. The van der Waals surface area contributed by atoms with Gasteiger partial charge < -0.3 is 21.1 Å². The largest absolute Gasteiger partial charge is 0.392 e. The molecule has 2 unspecified atom stereocenters. The lowest BCUT2D eigenvalue weighted by atomic mass is 9.96. The number of nitrogens with one attached hydrogen (secondary N) is 1. The molecule has 1 aromatic rings. The van der Waals surface area contributed by atoms with E-state index in [0.717, 1.165) is 24.2 Å². The van der Waals surface area contributed by atoms with Crippen LogP contribution in [0.15, 0.2) is 24.3 Å². The van der Waals surface area contributed by atoms with E-state index in [-0.39, 0.29) is 12.0 Å². The molecule has 4 N–H and O–H groups in total. The summed E-state index contributed by atoms with van der Waals surface area (Å²) in [6.45, 7) is 4.84. The van der Waals surface area contributed by atoms with Crippen molar-refractivity contribution in [3.05, 3.63) is 29.8 Å². The zero-order valence-electron chi connectivity index (χ0n) is 12.6. The fourth-order valence-electron chi connectivity index (χ4n) is 2.58. The quantitative estimate of drug-likeness (QED) is 0.761. The Morgan fingerprint density at radius 1 is 1.52 bits per heavy atom. The fourth-order valence-corrected chi connectivity index (χ4v) is 2.58. The number of piperidine rings is 1. The fraction of sp³-hybridized carbons (Fsp3) is 0.562. The Balaban J connectivity index is 1.77. The van der Waals surface area contributed by atoms with Crippen LogP contribution in [0.4, 0.5) is 5.69 Å². The topological polar surface area (TPSA) is 78.6 Å². The van der Waals surface area contributed by atoms with Crippen LogP contribution in [0.1, 0.15) is 25.3 Å². The number of hydrogen-bond acceptors (Lipinski definition) is 4. The third-order valence-corrected chi connectivity index (χ3v) is 4.10. The first-order chi connectivity index (χ1) is 10.1. The maximum Gasteiger partial charge on any atom is 0.225 e. The predicted molar refractivity (Wildman–Crippen MR) is 83.8 cm³/mol. The standard InChI is InChI=1S/C16H25N3O2/c1-12-5-7-19(11-15(12)20)8-6-16(21)18-14-4-2-3-13(9-14)10-17/h2-4,9,12,15,20H,5-8,10-11,17H2,1H3,(H,18,21). The molecular formula is C16H25N3O2. The second-order valence-corrected chi connectivity index (χ2v) is 5.84. The average molecular weight is 291 g/mol. The van der Waals surface area contributed by atoms with Crippen LogP contribution in [0.2, 0.25) is 0 Å². The van der Waals surface area contributed by atoms with E-state index in [2.05, 4.69) is 17.1 Å². The molecule has 1 saturated heterocycles. The molecule has 5 nitrogen and oxygen atoms in total. The van der Waals surface area contributed by atoms with Crippen molar-refractivity contribution in [3.8, 4) is 0 Å². The molecule has 0 bridgehead atoms. The number of aliphatic hydroxyl groups is 1. The summed E-state index contributed by atoms with van der Waals surface area (Å²) in [5, 5.41) is 12.7. The Morgan fingerprint density at radius 2 is 2.33 bits per heavy atom. The number of likely N-dealkylation sites (tertiary alicyclic amines) is 1. The molecule has 1 amide bonds. The molecule has 1 fully saturated rings. The van der Waals surface area contributed by atoms with Gasteiger partial charge in [-0.05, 0) is 36.6 Å². The van der Waals surface area contributed by atoms with Gasteiger partial charge in [0, 0.05) is 31.7 Å². The van der Waals surface area contributed by atoms with Crippen molar-refractivity contribution < 1.29 is 9.90 Å². The molecule has 1 aliphatic heterocycles. The predicted octanol–water partition coefficient (Wildman–Crippen LogP) is 1.18. The van der Waals surface area contributed by atoms with Crippen LogP contribution in [-0.2, 0) is 11.3 Å². The highest BCUT2D eigenvalue weighted by molar-refractivity contribution is 5.90. The van der Waals surface area contributed by atoms with Crippen LogP contribution in [-0.4, -0.2) is 41.7 Å². The van der Waals surface area contributed by atoms with E-state index >= 15 is 0 Å². The lowest BCUT2D eigenvalue weighted by molar-refractivity contribution is -0.116. The van der Waals surface area contributed by atoms with E-state index in [4.69, 9.17) is 5.73 Å². The van der Waals surface area contributed by atoms with E-state index in [1.54, 1.807) is 0 Å². The first kappa shape index (κ1) is 15.9. The average Bonchev–Trinajstić information content (AvgIpc) is 2.48. The molecule has 1 aliphatic rings. The van der Waals surface area contributed by atoms with Gasteiger partial charge >= 0.3 is 0 Å². The van der Waals surface area contributed by atoms with Gasteiger partial charge in [-0.3, -0.25) is 4.79 Å². The van der Waals surface area contributed by atoms with Crippen molar-refractivity contribution in [1.82, 2.24) is 4.90 Å². The highest BCUT2D eigenvalue weighted by Crippen LogP contribution is 2.17. The molecule has 0 aromatic heterocycles. The van der Waals surface area contributed by atoms with E-state index in [9.17, 15) is 9.90 Å². The smallest absolute Gasteiger partial charge is 0.225 e. The number of benzene rings is 1. The molecule has 1 heterocycles. The number of β-amino-alcohol motifs (C(OH)–C–C–N with tert-alkyl or cyclic N) is 1. The van der Waals surface area contributed by atoms with Gasteiger partial charge in [0.25, 0.3) is 0 Å². The number of nitrogens with two attached hydrogens (primary N) is 1. The van der Waals surface area contributed by atoms with E-state index in [0.29, 0.717) is 32.0 Å². The number of carbonyl (C=O) groups is 1. The lowest BCUT2D eigenvalue weighted by Gasteiger charge is -2.34. The maximum absolute atomic E-state index is 12.0. The first-order valence-electron chi connectivity index (χ1n) is 7.57. The Morgan fingerprint density at radius 3 is 3.05 bits per heavy atom. The zero-order chi connectivity index (χ0) is 15.2. The maximum atomic E-state index is 12.0. The van der Waals surface area contributed by atoms with Crippen molar-refractivity contribution in [3.63, 3.8) is 0 Å². The van der Waals surface area contributed by atoms with Crippen molar-refractivity contribution in [2.24, 2.45) is 11.7 Å². The van der Waals surface area contributed by atoms with Crippen molar-refractivity contribution in [2.45, 2.75) is 32.4 Å². The molecule has 0 saturated carbocycles. The second kappa shape index (κ2) is 7.54. The molecule has 0 spiro atoms. The second-order valence-electron chi connectivity index (χ2n) is 5.84. The molecule has 2 atom stereocenters. The number of carbonyl (C=O) groups excluding carboxylic acids is 1. The number of rotatable bonds is 5. The summed E-state index contributed by atoms with van der Waals surface area (Å²) in [6.07, 6.45) is 1.15. The molecule has 21 heavy (non-hydrogen) atoms. The molecule has 5 heteroatoms. The summed E-state index contributed by atoms with van der Waals surface area (Å²) in [4.78, 5) is 14.1. The minimum Gasteiger partial charge on any atom is -0.392 e. The molecular weight excluding hydrogens is 266 g/mol. The summed E-state index contributed by atoms with van der Waals surface area (Å²) < 4.78 is 0. The zero-order valence-corrected chi connectivity index (χ0v) is 12.6. The Kier molecular flexibility index (Phi) is 5.73. The number of amides is 1. The summed E-state index contributed by atoms with van der Waals surface area (Å²) in [6, 6.07) is 7.58. The van der Waals surface area contributed by atoms with Gasteiger partial charge in [0.2, 0.25) is 5.91 Å². The summed E-state index contributed by atoms with van der Waals surface area (Å²) in [5.41, 5.74) is 7.37. The molecule has 1 aromatic carbocycles. The highest BCUT2D eigenvalue weighted by Gasteiger charge is 2.24. The molecule has 116 valence electrons. The Hall–Kier alpha value is -1.43. The van der Waals surface area contributed by atoms with Gasteiger partial charge in [-0.2, -0.15) is 0 Å². The number of anilines is 1.